The average molecular weight is 331 g/mol. The summed E-state index contributed by atoms with van der Waals surface area (Å²) in [5, 5.41) is 3.07. The van der Waals surface area contributed by atoms with E-state index in [0.717, 1.165) is 5.56 Å². The number of aryl methyl sites for hydroxylation is 1. The molecule has 2 nitrogen and oxygen atoms in total. The minimum atomic E-state index is -4.23. The zero-order valence-corrected chi connectivity index (χ0v) is 12.7. The fourth-order valence-corrected chi connectivity index (χ4v) is 2.39. The first-order chi connectivity index (χ1) is 8.48. The van der Waals surface area contributed by atoms with Crippen LogP contribution in [0.4, 0.5) is 13.2 Å². The summed E-state index contributed by atoms with van der Waals surface area (Å²) < 4.78 is 39.8. The van der Waals surface area contributed by atoms with Crippen LogP contribution in [0.2, 0.25) is 0 Å². The third kappa shape index (κ3) is 4.81. The van der Waals surface area contributed by atoms with Crippen molar-refractivity contribution in [1.29, 1.82) is 0 Å². The molecule has 7 heteroatoms. The smallest absolute Gasteiger partial charge is 0.314 e. The standard InChI is InChI=1S/C13H17F3N2.2ClH/c1-10-3-2-4-11(9-10)12(13(14,15)16)18-7-5-17-6-8-18;;/h2-4,9,12,17H,5-8H2,1H3;2*1H/t12-;;/m1../s1. The Kier molecular flexibility index (Phi) is 7.88. The normalized spacial score (nSPS) is 17.8. The molecule has 0 amide bonds. The molecular weight excluding hydrogens is 312 g/mol. The van der Waals surface area contributed by atoms with E-state index >= 15 is 0 Å². The Hall–Kier alpha value is -0.490. The highest BCUT2D eigenvalue weighted by molar-refractivity contribution is 5.85. The molecule has 0 radical (unpaired) electrons. The van der Waals surface area contributed by atoms with Crippen LogP contribution >= 0.6 is 24.8 Å². The van der Waals surface area contributed by atoms with Crippen molar-refractivity contribution >= 4 is 24.8 Å². The number of halogens is 5. The fourth-order valence-electron chi connectivity index (χ4n) is 2.39. The van der Waals surface area contributed by atoms with E-state index in [1.165, 1.54) is 4.90 Å². The van der Waals surface area contributed by atoms with Crippen LogP contribution in [0.15, 0.2) is 24.3 Å². The molecule has 1 aromatic rings. The van der Waals surface area contributed by atoms with Crippen LogP contribution in [0.25, 0.3) is 0 Å². The van der Waals surface area contributed by atoms with E-state index in [9.17, 15) is 13.2 Å². The number of alkyl halides is 3. The van der Waals surface area contributed by atoms with Gasteiger partial charge in [0.15, 0.2) is 0 Å². The lowest BCUT2D eigenvalue weighted by atomic mass is 10.0. The molecular formula is C13H19Cl2F3N2. The number of hydrogen-bond acceptors (Lipinski definition) is 2. The number of benzene rings is 1. The maximum Gasteiger partial charge on any atom is 0.408 e. The van der Waals surface area contributed by atoms with Gasteiger partial charge in [0.25, 0.3) is 0 Å². The summed E-state index contributed by atoms with van der Waals surface area (Å²) in [5.41, 5.74) is 1.20. The Morgan fingerprint density at radius 2 is 1.75 bits per heavy atom. The van der Waals surface area contributed by atoms with Gasteiger partial charge in [-0.25, -0.2) is 0 Å². The Labute approximate surface area is 129 Å². The van der Waals surface area contributed by atoms with E-state index in [1.807, 2.05) is 13.0 Å². The van der Waals surface area contributed by atoms with E-state index < -0.39 is 12.2 Å². The second kappa shape index (κ2) is 8.08. The molecule has 1 atom stereocenters. The van der Waals surface area contributed by atoms with E-state index in [2.05, 4.69) is 5.32 Å². The van der Waals surface area contributed by atoms with Gasteiger partial charge in [-0.05, 0) is 12.5 Å². The van der Waals surface area contributed by atoms with Crippen molar-refractivity contribution in [3.05, 3.63) is 35.4 Å². The molecule has 0 unspecified atom stereocenters. The Bertz CT molecular complexity index is 407. The highest BCUT2D eigenvalue weighted by Crippen LogP contribution is 2.37. The first kappa shape index (κ1) is 19.5. The van der Waals surface area contributed by atoms with Gasteiger partial charge < -0.3 is 5.32 Å². The van der Waals surface area contributed by atoms with Crippen LogP contribution in [0.1, 0.15) is 17.2 Å². The van der Waals surface area contributed by atoms with Crippen LogP contribution < -0.4 is 5.32 Å². The third-order valence-electron chi connectivity index (χ3n) is 3.18. The molecule has 1 saturated heterocycles. The fraction of sp³-hybridized carbons (Fsp3) is 0.538. The summed E-state index contributed by atoms with van der Waals surface area (Å²) in [6.45, 7) is 3.89. The highest BCUT2D eigenvalue weighted by Gasteiger charge is 2.44. The maximum absolute atomic E-state index is 13.3. The number of nitrogens with one attached hydrogen (secondary N) is 1. The summed E-state index contributed by atoms with van der Waals surface area (Å²) >= 11 is 0. The molecule has 0 aromatic heterocycles. The maximum atomic E-state index is 13.3. The number of rotatable bonds is 2. The Balaban J connectivity index is 0.00000180. The van der Waals surface area contributed by atoms with Gasteiger partial charge in [-0.2, -0.15) is 13.2 Å². The van der Waals surface area contributed by atoms with Crippen molar-refractivity contribution < 1.29 is 13.2 Å². The minimum absolute atomic E-state index is 0. The second-order valence-electron chi connectivity index (χ2n) is 4.64. The van der Waals surface area contributed by atoms with Gasteiger partial charge in [-0.15, -0.1) is 24.8 Å². The molecule has 1 N–H and O–H groups in total. The summed E-state index contributed by atoms with van der Waals surface area (Å²) in [4.78, 5) is 1.51. The predicted molar refractivity (Wildman–Crippen MR) is 78.9 cm³/mol. The lowest BCUT2D eigenvalue weighted by Crippen LogP contribution is -2.49. The second-order valence-corrected chi connectivity index (χ2v) is 4.64. The van der Waals surface area contributed by atoms with Crippen LogP contribution in [-0.4, -0.2) is 37.3 Å². The highest BCUT2D eigenvalue weighted by atomic mass is 35.5. The Morgan fingerprint density at radius 3 is 2.25 bits per heavy atom. The summed E-state index contributed by atoms with van der Waals surface area (Å²) in [6.07, 6.45) is -4.23. The van der Waals surface area contributed by atoms with Crippen molar-refractivity contribution in [3.8, 4) is 0 Å². The SMILES string of the molecule is Cc1cccc([C@@H](N2CCNCC2)C(F)(F)F)c1.Cl.Cl. The molecule has 1 fully saturated rings. The van der Waals surface area contributed by atoms with Crippen LogP contribution in [0.3, 0.4) is 0 Å². The molecule has 20 heavy (non-hydrogen) atoms. The van der Waals surface area contributed by atoms with Crippen molar-refractivity contribution in [1.82, 2.24) is 10.2 Å². The molecule has 1 heterocycles. The summed E-state index contributed by atoms with van der Waals surface area (Å²) in [6, 6.07) is 5.20. The van der Waals surface area contributed by atoms with Gasteiger partial charge in [0, 0.05) is 26.2 Å². The van der Waals surface area contributed by atoms with Crippen LogP contribution in [-0.2, 0) is 0 Å². The lowest BCUT2D eigenvalue weighted by Gasteiger charge is -2.36. The number of piperazine rings is 1. The van der Waals surface area contributed by atoms with Gasteiger partial charge in [0.1, 0.15) is 6.04 Å². The van der Waals surface area contributed by atoms with E-state index in [-0.39, 0.29) is 24.8 Å². The first-order valence-corrected chi connectivity index (χ1v) is 6.06. The van der Waals surface area contributed by atoms with Crippen molar-refractivity contribution in [3.63, 3.8) is 0 Å². The third-order valence-corrected chi connectivity index (χ3v) is 3.18. The summed E-state index contributed by atoms with van der Waals surface area (Å²) in [5.74, 6) is 0. The molecule has 0 aliphatic carbocycles. The first-order valence-electron chi connectivity index (χ1n) is 6.06. The molecule has 116 valence electrons. The largest absolute Gasteiger partial charge is 0.408 e. The molecule has 0 bridgehead atoms. The summed E-state index contributed by atoms with van der Waals surface area (Å²) in [7, 11) is 0. The molecule has 1 aromatic carbocycles. The quantitative estimate of drug-likeness (QED) is 0.894. The minimum Gasteiger partial charge on any atom is -0.314 e. The monoisotopic (exact) mass is 330 g/mol. The van der Waals surface area contributed by atoms with E-state index in [1.54, 1.807) is 18.2 Å². The number of hydrogen-bond donors (Lipinski definition) is 1. The number of nitrogens with zero attached hydrogens (tertiary/aromatic N) is 1. The van der Waals surface area contributed by atoms with Crippen LogP contribution in [0, 0.1) is 6.92 Å². The topological polar surface area (TPSA) is 15.3 Å². The van der Waals surface area contributed by atoms with Gasteiger partial charge >= 0.3 is 6.18 Å². The molecule has 1 aliphatic rings. The van der Waals surface area contributed by atoms with Crippen LogP contribution in [0.5, 0.6) is 0 Å². The zero-order valence-electron chi connectivity index (χ0n) is 11.1. The molecule has 0 spiro atoms. The molecule has 0 saturated carbocycles. The van der Waals surface area contributed by atoms with Crippen molar-refractivity contribution in [2.24, 2.45) is 0 Å². The predicted octanol–water partition coefficient (Wildman–Crippen LogP) is 3.35. The Morgan fingerprint density at radius 1 is 1.15 bits per heavy atom. The van der Waals surface area contributed by atoms with Crippen molar-refractivity contribution in [2.45, 2.75) is 19.1 Å². The van der Waals surface area contributed by atoms with Gasteiger partial charge in [-0.3, -0.25) is 4.90 Å². The van der Waals surface area contributed by atoms with E-state index in [4.69, 9.17) is 0 Å². The average Bonchev–Trinajstić information content (AvgIpc) is 2.28. The zero-order chi connectivity index (χ0) is 13.2. The lowest BCUT2D eigenvalue weighted by molar-refractivity contribution is -0.187. The van der Waals surface area contributed by atoms with E-state index in [0.29, 0.717) is 31.7 Å². The van der Waals surface area contributed by atoms with Crippen molar-refractivity contribution in [2.75, 3.05) is 26.2 Å². The van der Waals surface area contributed by atoms with Gasteiger partial charge in [0.05, 0.1) is 0 Å². The molecule has 1 aliphatic heterocycles. The van der Waals surface area contributed by atoms with Gasteiger partial charge in [-0.1, -0.05) is 29.8 Å². The van der Waals surface area contributed by atoms with Gasteiger partial charge in [0.2, 0.25) is 0 Å². The molecule has 2 rings (SSSR count).